The van der Waals surface area contributed by atoms with E-state index in [1.54, 1.807) is 25.2 Å². The number of carbonyl (C=O) groups is 2. The first kappa shape index (κ1) is 20.5. The summed E-state index contributed by atoms with van der Waals surface area (Å²) in [6, 6.07) is 0. The molecule has 0 saturated carbocycles. The predicted octanol–water partition coefficient (Wildman–Crippen LogP) is 4.91. The maximum Gasteiger partial charge on any atom is 0.332 e. The van der Waals surface area contributed by atoms with E-state index in [0.29, 0.717) is 12.3 Å². The molecule has 136 valence electrons. The normalized spacial score (nSPS) is 24.7. The van der Waals surface area contributed by atoms with E-state index < -0.39 is 23.3 Å². The smallest absolute Gasteiger partial charge is 0.332 e. The molecule has 1 aliphatic carbocycles. The van der Waals surface area contributed by atoms with E-state index in [4.69, 9.17) is 0 Å². The molecule has 0 heterocycles. The van der Waals surface area contributed by atoms with Crippen LogP contribution in [0.3, 0.4) is 0 Å². The minimum Gasteiger partial charge on any atom is -0.481 e. The second-order valence-corrected chi connectivity index (χ2v) is 7.83. The van der Waals surface area contributed by atoms with Crippen LogP contribution in [0.5, 0.6) is 0 Å². The fourth-order valence-electron chi connectivity index (χ4n) is 3.63. The number of carboxylic acid groups (broad SMARTS) is 2. The number of carboxylic acids is 2. The van der Waals surface area contributed by atoms with Crippen LogP contribution in [0.2, 0.25) is 0 Å². The summed E-state index contributed by atoms with van der Waals surface area (Å²) in [5.41, 5.74) is -0.630. The first-order chi connectivity index (χ1) is 11.2. The first-order valence-electron chi connectivity index (χ1n) is 9.03. The molecule has 0 aromatic heterocycles. The van der Waals surface area contributed by atoms with E-state index in [-0.39, 0.29) is 5.57 Å². The van der Waals surface area contributed by atoms with Gasteiger partial charge in [0, 0.05) is 11.0 Å². The van der Waals surface area contributed by atoms with Crippen LogP contribution < -0.4 is 0 Å². The molecular formula is C20H32O4. The van der Waals surface area contributed by atoms with Gasteiger partial charge < -0.3 is 10.2 Å². The largest absolute Gasteiger partial charge is 0.481 e. The molecule has 0 spiro atoms. The zero-order valence-corrected chi connectivity index (χ0v) is 15.4. The fourth-order valence-corrected chi connectivity index (χ4v) is 3.63. The van der Waals surface area contributed by atoms with Crippen molar-refractivity contribution in [3.8, 4) is 0 Å². The Balaban J connectivity index is 2.64. The van der Waals surface area contributed by atoms with Crippen molar-refractivity contribution in [3.05, 3.63) is 23.8 Å². The number of aliphatic carboxylic acids is 2. The molecule has 4 nitrogen and oxygen atoms in total. The molecule has 0 fully saturated rings. The van der Waals surface area contributed by atoms with Gasteiger partial charge in [-0.15, -0.1) is 0 Å². The quantitative estimate of drug-likeness (QED) is 0.594. The molecule has 4 heteroatoms. The van der Waals surface area contributed by atoms with Crippen LogP contribution in [0, 0.1) is 23.2 Å². The lowest BCUT2D eigenvalue weighted by atomic mass is 9.65. The molecule has 1 rings (SSSR count). The van der Waals surface area contributed by atoms with Gasteiger partial charge in [-0.1, -0.05) is 78.0 Å². The van der Waals surface area contributed by atoms with Crippen molar-refractivity contribution in [1.82, 2.24) is 0 Å². The minimum atomic E-state index is -1.02. The molecule has 3 atom stereocenters. The van der Waals surface area contributed by atoms with Gasteiger partial charge in [0.25, 0.3) is 0 Å². The van der Waals surface area contributed by atoms with Gasteiger partial charge in [0.1, 0.15) is 0 Å². The van der Waals surface area contributed by atoms with Gasteiger partial charge in [-0.05, 0) is 18.3 Å². The van der Waals surface area contributed by atoms with Crippen LogP contribution in [0.15, 0.2) is 23.8 Å². The van der Waals surface area contributed by atoms with Crippen molar-refractivity contribution in [1.29, 1.82) is 0 Å². The van der Waals surface area contributed by atoms with Crippen molar-refractivity contribution in [3.63, 3.8) is 0 Å². The Kier molecular flexibility index (Phi) is 7.71. The van der Waals surface area contributed by atoms with Crippen molar-refractivity contribution >= 4 is 11.9 Å². The second-order valence-electron chi connectivity index (χ2n) is 7.83. The Hall–Kier alpha value is -1.58. The number of rotatable bonds is 10. The molecule has 0 aromatic carbocycles. The van der Waals surface area contributed by atoms with E-state index in [2.05, 4.69) is 20.8 Å². The molecule has 24 heavy (non-hydrogen) atoms. The molecule has 1 aliphatic rings. The third kappa shape index (κ3) is 5.50. The summed E-state index contributed by atoms with van der Waals surface area (Å²) in [5.74, 6) is -1.43. The Morgan fingerprint density at radius 3 is 2.29 bits per heavy atom. The van der Waals surface area contributed by atoms with Gasteiger partial charge in [0.2, 0.25) is 0 Å². The molecular weight excluding hydrogens is 304 g/mol. The van der Waals surface area contributed by atoms with Crippen LogP contribution in [-0.2, 0) is 9.59 Å². The fraction of sp³-hybridized carbons (Fsp3) is 0.700. The lowest BCUT2D eigenvalue weighted by Gasteiger charge is -2.36. The lowest BCUT2D eigenvalue weighted by Crippen LogP contribution is -2.38. The summed E-state index contributed by atoms with van der Waals surface area (Å²) in [6.45, 7) is 8.46. The highest BCUT2D eigenvalue weighted by molar-refractivity contribution is 5.91. The Labute approximate surface area is 145 Å². The van der Waals surface area contributed by atoms with Gasteiger partial charge in [0.15, 0.2) is 0 Å². The van der Waals surface area contributed by atoms with Crippen LogP contribution in [0.4, 0.5) is 0 Å². The van der Waals surface area contributed by atoms with Crippen LogP contribution >= 0.6 is 0 Å². The van der Waals surface area contributed by atoms with E-state index in [9.17, 15) is 19.8 Å². The number of hydrogen-bond acceptors (Lipinski definition) is 2. The van der Waals surface area contributed by atoms with Gasteiger partial charge >= 0.3 is 11.9 Å². The maximum absolute atomic E-state index is 11.6. The molecule has 0 bridgehead atoms. The zero-order chi connectivity index (χ0) is 18.3. The average Bonchev–Trinajstić information content (AvgIpc) is 2.46. The van der Waals surface area contributed by atoms with Crippen molar-refractivity contribution < 1.29 is 19.8 Å². The highest BCUT2D eigenvalue weighted by atomic mass is 16.4. The predicted molar refractivity (Wildman–Crippen MR) is 95.8 cm³/mol. The monoisotopic (exact) mass is 336 g/mol. The maximum atomic E-state index is 11.6. The summed E-state index contributed by atoms with van der Waals surface area (Å²) in [7, 11) is 0. The topological polar surface area (TPSA) is 74.6 Å². The zero-order valence-electron chi connectivity index (χ0n) is 15.4. The SMILES string of the molecule is CC(C)CCCC(C)CCCC1(C)C(C(=O)O)=CC=C[C@H]1C(=O)O. The first-order valence-corrected chi connectivity index (χ1v) is 9.03. The van der Waals surface area contributed by atoms with E-state index in [1.807, 2.05) is 0 Å². The van der Waals surface area contributed by atoms with Crippen LogP contribution in [0.1, 0.15) is 66.2 Å². The Bertz CT molecular complexity index is 504. The Morgan fingerprint density at radius 2 is 1.75 bits per heavy atom. The average molecular weight is 336 g/mol. The minimum absolute atomic E-state index is 0.213. The van der Waals surface area contributed by atoms with E-state index in [0.717, 1.165) is 18.8 Å². The van der Waals surface area contributed by atoms with E-state index >= 15 is 0 Å². The molecule has 0 aromatic rings. The molecule has 2 N–H and O–H groups in total. The van der Waals surface area contributed by atoms with Crippen LogP contribution in [-0.4, -0.2) is 22.2 Å². The summed E-state index contributed by atoms with van der Waals surface area (Å²) >= 11 is 0. The molecule has 2 unspecified atom stereocenters. The molecule has 0 aliphatic heterocycles. The summed E-state index contributed by atoms with van der Waals surface area (Å²) in [5, 5.41) is 18.9. The summed E-state index contributed by atoms with van der Waals surface area (Å²) in [6.07, 6.45) is 10.8. The highest BCUT2D eigenvalue weighted by Gasteiger charge is 2.44. The van der Waals surface area contributed by atoms with Crippen molar-refractivity contribution in [2.24, 2.45) is 23.2 Å². The lowest BCUT2D eigenvalue weighted by molar-refractivity contribution is -0.144. The second kappa shape index (κ2) is 9.05. The van der Waals surface area contributed by atoms with Crippen molar-refractivity contribution in [2.45, 2.75) is 66.2 Å². The van der Waals surface area contributed by atoms with Gasteiger partial charge in [0.05, 0.1) is 5.92 Å². The summed E-state index contributed by atoms with van der Waals surface area (Å²) in [4.78, 5) is 23.1. The Morgan fingerprint density at radius 1 is 1.12 bits per heavy atom. The third-order valence-corrected chi connectivity index (χ3v) is 5.24. The molecule has 0 amide bonds. The number of hydrogen-bond donors (Lipinski definition) is 2. The summed E-state index contributed by atoms with van der Waals surface area (Å²) < 4.78 is 0. The van der Waals surface area contributed by atoms with Gasteiger partial charge in [-0.2, -0.15) is 0 Å². The molecule has 0 radical (unpaired) electrons. The molecule has 0 saturated heterocycles. The van der Waals surface area contributed by atoms with E-state index in [1.165, 1.54) is 19.3 Å². The standard InChI is InChI=1S/C20H32O4/c1-14(2)8-5-9-15(3)10-7-13-20(4)16(18(21)22)11-6-12-17(20)19(23)24/h6,11-12,14-16H,5,7-10,13H2,1-4H3,(H,21,22)(H,23,24)/t15?,16-,20?/m0/s1. The third-order valence-electron chi connectivity index (χ3n) is 5.24. The van der Waals surface area contributed by atoms with Crippen molar-refractivity contribution in [2.75, 3.05) is 0 Å². The van der Waals surface area contributed by atoms with Gasteiger partial charge in [-0.25, -0.2) is 4.79 Å². The highest BCUT2D eigenvalue weighted by Crippen LogP contribution is 2.44. The number of allylic oxidation sites excluding steroid dienone is 2. The van der Waals surface area contributed by atoms with Gasteiger partial charge in [-0.3, -0.25) is 4.79 Å². The van der Waals surface area contributed by atoms with Crippen LogP contribution in [0.25, 0.3) is 0 Å².